The van der Waals surface area contributed by atoms with E-state index in [1.807, 2.05) is 0 Å². The largest absolute Gasteiger partial charge is 0.506 e. The molecule has 5 nitrogen and oxygen atoms in total. The van der Waals surface area contributed by atoms with Crippen LogP contribution in [0.3, 0.4) is 0 Å². The first-order valence-electron chi connectivity index (χ1n) is 6.32. The Morgan fingerprint density at radius 3 is 2.75 bits per heavy atom. The van der Waals surface area contributed by atoms with E-state index in [0.29, 0.717) is 24.2 Å². The molecular weight excluding hydrogens is 256 g/mol. The third-order valence-corrected chi connectivity index (χ3v) is 2.18. The monoisotopic (exact) mass is 276 g/mol. The van der Waals surface area contributed by atoms with Gasteiger partial charge in [-0.25, -0.2) is 4.79 Å². The smallest absolute Gasteiger partial charge is 0.407 e. The Morgan fingerprint density at radius 2 is 2.15 bits per heavy atom. The Balaban J connectivity index is 2.36. The lowest BCUT2D eigenvalue weighted by atomic mass is 10.2. The van der Waals surface area contributed by atoms with E-state index in [1.54, 1.807) is 32.9 Å². The lowest BCUT2D eigenvalue weighted by Crippen LogP contribution is -2.32. The summed E-state index contributed by atoms with van der Waals surface area (Å²) in [4.78, 5) is 11.3. The number of anilines is 1. The van der Waals surface area contributed by atoms with E-state index in [0.717, 1.165) is 0 Å². The molecule has 0 spiro atoms. The fourth-order valence-electron chi connectivity index (χ4n) is 1.33. The van der Waals surface area contributed by atoms with Crippen molar-refractivity contribution >= 4 is 11.8 Å². The van der Waals surface area contributed by atoms with Crippen molar-refractivity contribution in [3.8, 4) is 17.6 Å². The molecule has 0 aliphatic carbocycles. The third kappa shape index (κ3) is 6.01. The highest BCUT2D eigenvalue weighted by atomic mass is 16.6. The lowest BCUT2D eigenvalue weighted by Gasteiger charge is -2.19. The molecule has 0 bridgehead atoms. The molecule has 20 heavy (non-hydrogen) atoms. The van der Waals surface area contributed by atoms with E-state index in [1.165, 1.54) is 6.07 Å². The van der Waals surface area contributed by atoms with Crippen LogP contribution in [0.5, 0.6) is 5.75 Å². The van der Waals surface area contributed by atoms with E-state index in [-0.39, 0.29) is 5.75 Å². The van der Waals surface area contributed by atoms with Crippen LogP contribution in [0.2, 0.25) is 0 Å². The standard InChI is InChI=1S/C15H20N2O3/c1-15(2,3)20-14(19)17-9-5-4-6-11-7-8-12(16)13(18)10-11/h7-8,10,18H,5,9,16H2,1-3H3,(H,17,19). The fourth-order valence-corrected chi connectivity index (χ4v) is 1.33. The van der Waals surface area contributed by atoms with Crippen molar-refractivity contribution in [2.45, 2.75) is 32.8 Å². The van der Waals surface area contributed by atoms with Crippen LogP contribution < -0.4 is 11.1 Å². The van der Waals surface area contributed by atoms with Crippen LogP contribution in [0.15, 0.2) is 18.2 Å². The van der Waals surface area contributed by atoms with Gasteiger partial charge in [0.25, 0.3) is 0 Å². The summed E-state index contributed by atoms with van der Waals surface area (Å²) in [5.74, 6) is 5.79. The van der Waals surface area contributed by atoms with Gasteiger partial charge >= 0.3 is 6.09 Å². The summed E-state index contributed by atoms with van der Waals surface area (Å²) in [6.07, 6.45) is 0.0362. The predicted octanol–water partition coefficient (Wildman–Crippen LogP) is 2.24. The van der Waals surface area contributed by atoms with Crippen LogP contribution in [0.4, 0.5) is 10.5 Å². The quantitative estimate of drug-likeness (QED) is 0.335. The van der Waals surface area contributed by atoms with Crippen molar-refractivity contribution in [1.82, 2.24) is 5.32 Å². The number of aromatic hydroxyl groups is 1. The maximum Gasteiger partial charge on any atom is 0.407 e. The van der Waals surface area contributed by atoms with E-state index in [9.17, 15) is 9.90 Å². The van der Waals surface area contributed by atoms with Crippen LogP contribution in [-0.4, -0.2) is 23.3 Å². The molecule has 1 aromatic rings. The average molecular weight is 276 g/mol. The van der Waals surface area contributed by atoms with Crippen LogP contribution in [0.1, 0.15) is 32.8 Å². The maximum atomic E-state index is 11.3. The number of carbonyl (C=O) groups is 1. The number of phenolic OH excluding ortho intramolecular Hbond substituents is 1. The summed E-state index contributed by atoms with van der Waals surface area (Å²) in [7, 11) is 0. The molecule has 0 saturated heterocycles. The first-order valence-corrected chi connectivity index (χ1v) is 6.32. The van der Waals surface area contributed by atoms with E-state index < -0.39 is 11.7 Å². The Bertz CT molecular complexity index is 536. The van der Waals surface area contributed by atoms with Crippen molar-refractivity contribution in [2.75, 3.05) is 12.3 Å². The molecule has 0 aromatic heterocycles. The van der Waals surface area contributed by atoms with E-state index >= 15 is 0 Å². The summed E-state index contributed by atoms with van der Waals surface area (Å²) < 4.78 is 5.09. The SMILES string of the molecule is CC(C)(C)OC(=O)NCCC#Cc1ccc(N)c(O)c1. The van der Waals surface area contributed by atoms with Crippen LogP contribution in [0.25, 0.3) is 0 Å². The molecular formula is C15H20N2O3. The molecule has 0 radical (unpaired) electrons. The third-order valence-electron chi connectivity index (χ3n) is 2.18. The van der Waals surface area contributed by atoms with Gasteiger partial charge in [-0.3, -0.25) is 0 Å². The van der Waals surface area contributed by atoms with Gasteiger partial charge in [-0.15, -0.1) is 0 Å². The molecule has 0 atom stereocenters. The summed E-state index contributed by atoms with van der Waals surface area (Å²) in [6, 6.07) is 4.82. The fraction of sp³-hybridized carbons (Fsp3) is 0.400. The number of carbonyl (C=O) groups excluding carboxylic acids is 1. The number of rotatable bonds is 2. The van der Waals surface area contributed by atoms with Crippen LogP contribution in [-0.2, 0) is 4.74 Å². The molecule has 0 aliphatic rings. The molecule has 0 aliphatic heterocycles. The summed E-state index contributed by atoms with van der Waals surface area (Å²) in [5.41, 5.74) is 5.98. The van der Waals surface area contributed by atoms with E-state index in [2.05, 4.69) is 17.2 Å². The second kappa shape index (κ2) is 6.71. The zero-order valence-electron chi connectivity index (χ0n) is 12.0. The first kappa shape index (κ1) is 15.7. The maximum absolute atomic E-state index is 11.3. The van der Waals surface area contributed by atoms with Gasteiger partial charge in [-0.1, -0.05) is 11.8 Å². The molecule has 5 heteroatoms. The summed E-state index contributed by atoms with van der Waals surface area (Å²) in [6.45, 7) is 5.82. The number of amides is 1. The average Bonchev–Trinajstić information content (AvgIpc) is 2.31. The van der Waals surface area contributed by atoms with Crippen molar-refractivity contribution in [3.63, 3.8) is 0 Å². The Morgan fingerprint density at radius 1 is 1.45 bits per heavy atom. The normalized spacial score (nSPS) is 10.3. The Hall–Kier alpha value is -2.35. The topological polar surface area (TPSA) is 84.6 Å². The van der Waals surface area contributed by atoms with Gasteiger partial charge in [0.2, 0.25) is 0 Å². The van der Waals surface area contributed by atoms with Crippen LogP contribution >= 0.6 is 0 Å². The van der Waals surface area contributed by atoms with Gasteiger partial charge in [0.05, 0.1) is 5.69 Å². The molecule has 0 saturated carbocycles. The first-order chi connectivity index (χ1) is 9.28. The summed E-state index contributed by atoms with van der Waals surface area (Å²) >= 11 is 0. The molecule has 1 aromatic carbocycles. The van der Waals surface area contributed by atoms with Crippen molar-refractivity contribution in [3.05, 3.63) is 23.8 Å². The molecule has 108 valence electrons. The van der Waals surface area contributed by atoms with Gasteiger partial charge in [0.1, 0.15) is 11.4 Å². The van der Waals surface area contributed by atoms with Crippen molar-refractivity contribution in [1.29, 1.82) is 0 Å². The number of ether oxygens (including phenoxy) is 1. The van der Waals surface area contributed by atoms with Crippen molar-refractivity contribution < 1.29 is 14.6 Å². The number of nitrogen functional groups attached to an aromatic ring is 1. The molecule has 0 unspecified atom stereocenters. The predicted molar refractivity (Wildman–Crippen MR) is 78.3 cm³/mol. The molecule has 1 rings (SSSR count). The van der Waals surface area contributed by atoms with Gasteiger partial charge in [0.15, 0.2) is 0 Å². The summed E-state index contributed by atoms with van der Waals surface area (Å²) in [5, 5.41) is 12.0. The highest BCUT2D eigenvalue weighted by Crippen LogP contribution is 2.19. The molecule has 1 amide bonds. The molecule has 0 heterocycles. The van der Waals surface area contributed by atoms with Gasteiger partial charge < -0.3 is 20.9 Å². The van der Waals surface area contributed by atoms with Gasteiger partial charge in [-0.05, 0) is 39.0 Å². The second-order valence-corrected chi connectivity index (χ2v) is 5.25. The number of nitrogens with one attached hydrogen (secondary N) is 1. The van der Waals surface area contributed by atoms with Gasteiger partial charge in [-0.2, -0.15) is 0 Å². The van der Waals surface area contributed by atoms with Crippen molar-refractivity contribution in [2.24, 2.45) is 0 Å². The number of benzene rings is 1. The number of alkyl carbamates (subject to hydrolysis) is 1. The molecule has 4 N–H and O–H groups in total. The Labute approximate surface area is 119 Å². The van der Waals surface area contributed by atoms with Crippen LogP contribution in [0, 0.1) is 11.8 Å². The van der Waals surface area contributed by atoms with Gasteiger partial charge in [0, 0.05) is 18.5 Å². The zero-order chi connectivity index (χ0) is 15.2. The molecule has 0 fully saturated rings. The Kier molecular flexibility index (Phi) is 5.27. The lowest BCUT2D eigenvalue weighted by molar-refractivity contribution is 0.0529. The number of hydrogen-bond acceptors (Lipinski definition) is 4. The number of nitrogens with two attached hydrogens (primary N) is 1. The minimum atomic E-state index is -0.503. The highest BCUT2D eigenvalue weighted by Gasteiger charge is 2.15. The minimum absolute atomic E-state index is 0.0173. The highest BCUT2D eigenvalue weighted by molar-refractivity contribution is 5.67. The second-order valence-electron chi connectivity index (χ2n) is 5.25. The minimum Gasteiger partial charge on any atom is -0.506 e. The number of hydrogen-bond donors (Lipinski definition) is 3. The number of phenols is 1. The van der Waals surface area contributed by atoms with E-state index in [4.69, 9.17) is 10.5 Å². The zero-order valence-corrected chi connectivity index (χ0v) is 12.0.